The summed E-state index contributed by atoms with van der Waals surface area (Å²) in [6, 6.07) is 8.55. The van der Waals surface area contributed by atoms with E-state index in [1.54, 1.807) is 11.3 Å². The van der Waals surface area contributed by atoms with Crippen LogP contribution in [-0.2, 0) is 6.54 Å². The first-order valence-electron chi connectivity index (χ1n) is 10.9. The predicted molar refractivity (Wildman–Crippen MR) is 124 cm³/mol. The summed E-state index contributed by atoms with van der Waals surface area (Å²) < 4.78 is 0. The van der Waals surface area contributed by atoms with Crippen LogP contribution in [0.2, 0.25) is 0 Å². The Morgan fingerprint density at radius 3 is 2.90 bits per heavy atom. The van der Waals surface area contributed by atoms with E-state index in [2.05, 4.69) is 45.2 Å². The number of anilines is 2. The van der Waals surface area contributed by atoms with E-state index in [0.29, 0.717) is 6.54 Å². The Bertz CT molecular complexity index is 1020. The molecule has 1 atom stereocenters. The van der Waals surface area contributed by atoms with Crippen LogP contribution in [0.25, 0.3) is 10.9 Å². The summed E-state index contributed by atoms with van der Waals surface area (Å²) >= 11 is 1.70. The number of nitrogens with zero attached hydrogens (tertiary/aromatic N) is 5. The third kappa shape index (κ3) is 4.02. The highest BCUT2D eigenvalue weighted by Gasteiger charge is 2.24. The molecule has 0 saturated carbocycles. The van der Waals surface area contributed by atoms with Crippen LogP contribution in [0.4, 0.5) is 10.8 Å². The molecule has 0 radical (unpaired) electrons. The number of aromatic nitrogens is 2. The second-order valence-corrected chi connectivity index (χ2v) is 9.27. The van der Waals surface area contributed by atoms with Gasteiger partial charge in [-0.2, -0.15) is 0 Å². The van der Waals surface area contributed by atoms with Gasteiger partial charge >= 0.3 is 0 Å². The van der Waals surface area contributed by atoms with Crippen molar-refractivity contribution in [3.63, 3.8) is 0 Å². The molecule has 3 aromatic rings. The van der Waals surface area contributed by atoms with Crippen molar-refractivity contribution in [1.29, 1.82) is 0 Å². The van der Waals surface area contributed by atoms with Gasteiger partial charge in [-0.1, -0.05) is 18.2 Å². The number of aryl methyl sites for hydroxylation is 1. The van der Waals surface area contributed by atoms with Crippen molar-refractivity contribution >= 4 is 33.1 Å². The largest absolute Gasteiger partial charge is 0.391 e. The lowest BCUT2D eigenvalue weighted by Gasteiger charge is -2.26. The molecule has 0 amide bonds. The summed E-state index contributed by atoms with van der Waals surface area (Å²) in [6.45, 7) is 8.88. The number of thiazole rings is 1. The Morgan fingerprint density at radius 2 is 2.03 bits per heavy atom. The lowest BCUT2D eigenvalue weighted by Crippen LogP contribution is -2.31. The van der Waals surface area contributed by atoms with Gasteiger partial charge in [-0.05, 0) is 31.4 Å². The number of hydrogen-bond acceptors (Lipinski definition) is 7. The zero-order valence-electron chi connectivity index (χ0n) is 17.5. The molecule has 30 heavy (non-hydrogen) atoms. The van der Waals surface area contributed by atoms with E-state index in [1.165, 1.54) is 16.6 Å². The summed E-state index contributed by atoms with van der Waals surface area (Å²) in [5.74, 6) is 0. The smallest absolute Gasteiger partial charge is 0.185 e. The highest BCUT2D eigenvalue weighted by molar-refractivity contribution is 7.13. The highest BCUT2D eigenvalue weighted by Crippen LogP contribution is 2.30. The van der Waals surface area contributed by atoms with Crippen LogP contribution in [0.5, 0.6) is 0 Å². The van der Waals surface area contributed by atoms with E-state index in [-0.39, 0.29) is 6.10 Å². The maximum absolute atomic E-state index is 9.78. The Morgan fingerprint density at radius 1 is 1.10 bits per heavy atom. The molecule has 4 heterocycles. The number of pyridine rings is 1. The maximum Gasteiger partial charge on any atom is 0.185 e. The number of aliphatic hydroxyl groups excluding tert-OH is 1. The molecular weight excluding hydrogens is 394 g/mol. The first kappa shape index (κ1) is 19.7. The van der Waals surface area contributed by atoms with Crippen LogP contribution in [0.3, 0.4) is 0 Å². The molecular formula is C23H29N5OS. The zero-order valence-corrected chi connectivity index (χ0v) is 18.3. The summed E-state index contributed by atoms with van der Waals surface area (Å²) in [5.41, 5.74) is 4.85. The number of β-amino-alcohol motifs (C(OH)–C–C–N with tert-alkyl or cyclic N) is 1. The molecule has 1 N–H and O–H groups in total. The Hall–Kier alpha value is -2.22. The van der Waals surface area contributed by atoms with Crippen molar-refractivity contribution in [1.82, 2.24) is 14.9 Å². The van der Waals surface area contributed by atoms with Gasteiger partial charge in [0.25, 0.3) is 0 Å². The fraction of sp³-hybridized carbons (Fsp3) is 0.478. The molecule has 0 bridgehead atoms. The van der Waals surface area contributed by atoms with E-state index >= 15 is 0 Å². The normalized spacial score (nSPS) is 20.8. The first-order valence-corrected chi connectivity index (χ1v) is 11.7. The lowest BCUT2D eigenvalue weighted by molar-refractivity contribution is 0.198. The summed E-state index contributed by atoms with van der Waals surface area (Å²) in [5, 5.41) is 14.2. The van der Waals surface area contributed by atoms with Crippen LogP contribution in [0, 0.1) is 6.92 Å². The second kappa shape index (κ2) is 8.49. The summed E-state index contributed by atoms with van der Waals surface area (Å²) in [7, 11) is 0. The molecule has 0 unspecified atom stereocenters. The Labute approximate surface area is 181 Å². The van der Waals surface area contributed by atoms with Crippen LogP contribution in [0.1, 0.15) is 24.1 Å². The van der Waals surface area contributed by atoms with Crippen molar-refractivity contribution in [2.24, 2.45) is 0 Å². The van der Waals surface area contributed by atoms with Crippen LogP contribution in [0.15, 0.2) is 35.8 Å². The number of fused-ring (bicyclic) bond motifs is 1. The topological polar surface area (TPSA) is 55.7 Å². The average molecular weight is 424 g/mol. The molecule has 2 fully saturated rings. The standard InChI is InChI=1S/C23H29N5OS/c1-17-5-6-18-4-2-8-24-21(18)22(17)27-10-3-9-26(12-13-27)14-19-16-30-23(25-19)28-11-7-20(29)15-28/h2,4-6,8,16,20,29H,3,7,9-15H2,1H3/t20-/m0/s1. The van der Waals surface area contributed by atoms with Crippen LogP contribution >= 0.6 is 11.3 Å². The van der Waals surface area contributed by atoms with Crippen LogP contribution in [-0.4, -0.2) is 65.3 Å². The van der Waals surface area contributed by atoms with Gasteiger partial charge in [-0.15, -0.1) is 11.3 Å². The van der Waals surface area contributed by atoms with Crippen molar-refractivity contribution in [2.75, 3.05) is 49.1 Å². The number of benzene rings is 1. The van der Waals surface area contributed by atoms with E-state index in [1.807, 2.05) is 12.3 Å². The third-order valence-electron chi connectivity index (χ3n) is 6.21. The SMILES string of the molecule is Cc1ccc2cccnc2c1N1CCCN(Cc2csc(N3CC[C@H](O)C3)n2)CC1. The summed E-state index contributed by atoms with van der Waals surface area (Å²) in [4.78, 5) is 16.8. The van der Waals surface area contributed by atoms with E-state index in [0.717, 1.165) is 68.5 Å². The van der Waals surface area contributed by atoms with E-state index < -0.39 is 0 Å². The highest BCUT2D eigenvalue weighted by atomic mass is 32.1. The van der Waals surface area contributed by atoms with Gasteiger partial charge in [-0.3, -0.25) is 9.88 Å². The minimum Gasteiger partial charge on any atom is -0.391 e. The molecule has 158 valence electrons. The Kier molecular flexibility index (Phi) is 5.58. The molecule has 5 rings (SSSR count). The van der Waals surface area contributed by atoms with Crippen molar-refractivity contribution in [3.05, 3.63) is 47.1 Å². The van der Waals surface area contributed by atoms with Crippen molar-refractivity contribution in [3.8, 4) is 0 Å². The minimum atomic E-state index is -0.207. The molecule has 0 spiro atoms. The summed E-state index contributed by atoms with van der Waals surface area (Å²) in [6.07, 6.45) is 3.67. The van der Waals surface area contributed by atoms with Gasteiger partial charge in [0.2, 0.25) is 0 Å². The van der Waals surface area contributed by atoms with Gasteiger partial charge in [0, 0.05) is 62.8 Å². The second-order valence-electron chi connectivity index (χ2n) is 8.43. The molecule has 2 aliphatic rings. The molecule has 2 aromatic heterocycles. The molecule has 2 aliphatic heterocycles. The lowest BCUT2D eigenvalue weighted by atomic mass is 10.1. The third-order valence-corrected chi connectivity index (χ3v) is 7.16. The van der Waals surface area contributed by atoms with Gasteiger partial charge in [0.15, 0.2) is 5.13 Å². The van der Waals surface area contributed by atoms with Gasteiger partial charge in [0.1, 0.15) is 0 Å². The van der Waals surface area contributed by atoms with Gasteiger partial charge in [0.05, 0.1) is 23.0 Å². The Balaban J connectivity index is 1.27. The molecule has 1 aromatic carbocycles. The van der Waals surface area contributed by atoms with Crippen LogP contribution < -0.4 is 9.80 Å². The average Bonchev–Trinajstić information content (AvgIpc) is 3.33. The fourth-order valence-corrected chi connectivity index (χ4v) is 5.49. The first-order chi connectivity index (χ1) is 14.7. The number of rotatable bonds is 4. The zero-order chi connectivity index (χ0) is 20.5. The number of aliphatic hydroxyl groups is 1. The van der Waals surface area contributed by atoms with E-state index in [9.17, 15) is 5.11 Å². The molecule has 2 saturated heterocycles. The fourth-order valence-electron chi connectivity index (χ4n) is 4.64. The molecule has 0 aliphatic carbocycles. The minimum absolute atomic E-state index is 0.207. The monoisotopic (exact) mass is 423 g/mol. The predicted octanol–water partition coefficient (Wildman–Crippen LogP) is 3.28. The number of hydrogen-bond donors (Lipinski definition) is 1. The quantitative estimate of drug-likeness (QED) is 0.695. The van der Waals surface area contributed by atoms with Gasteiger partial charge in [-0.25, -0.2) is 4.98 Å². The van der Waals surface area contributed by atoms with Crippen molar-refractivity contribution < 1.29 is 5.11 Å². The molecule has 6 nitrogen and oxygen atoms in total. The van der Waals surface area contributed by atoms with Crippen molar-refractivity contribution in [2.45, 2.75) is 32.4 Å². The molecule has 7 heteroatoms. The maximum atomic E-state index is 9.78. The van der Waals surface area contributed by atoms with Gasteiger partial charge < -0.3 is 14.9 Å². The van der Waals surface area contributed by atoms with E-state index in [4.69, 9.17) is 9.97 Å².